The average Bonchev–Trinajstić information content (AvgIpc) is 1.61. The van der Waals surface area contributed by atoms with Gasteiger partial charge in [0.15, 0.2) is 0 Å². The highest BCUT2D eigenvalue weighted by Crippen LogP contribution is 1.90. The molecule has 0 aliphatic heterocycles. The van der Waals surface area contributed by atoms with Gasteiger partial charge in [0.2, 0.25) is 0 Å². The zero-order valence-corrected chi connectivity index (χ0v) is 4.59. The van der Waals surface area contributed by atoms with Gasteiger partial charge in [0.25, 0.3) is 0 Å². The second-order valence-electron chi connectivity index (χ2n) is 1.59. The van der Waals surface area contributed by atoms with Crippen molar-refractivity contribution >= 4 is 0 Å². The van der Waals surface area contributed by atoms with Crippen LogP contribution in [-0.4, -0.2) is 11.7 Å². The molecule has 0 spiro atoms. The van der Waals surface area contributed by atoms with Crippen molar-refractivity contribution < 1.29 is 5.11 Å². The second kappa shape index (κ2) is 3.88. The van der Waals surface area contributed by atoms with E-state index in [1.165, 1.54) is 0 Å². The lowest BCUT2D eigenvalue weighted by Crippen LogP contribution is -1.79. The van der Waals surface area contributed by atoms with Crippen molar-refractivity contribution in [1.82, 2.24) is 0 Å². The molecular formula is C6H11O. The van der Waals surface area contributed by atoms with Crippen LogP contribution >= 0.6 is 0 Å². The van der Waals surface area contributed by atoms with E-state index in [1.807, 2.05) is 13.0 Å². The largest absolute Gasteiger partial charge is 0.392 e. The van der Waals surface area contributed by atoms with E-state index in [-0.39, 0.29) is 6.61 Å². The first kappa shape index (κ1) is 6.70. The molecule has 0 aliphatic carbocycles. The molecule has 41 valence electrons. The average molecular weight is 99.2 g/mol. The van der Waals surface area contributed by atoms with Crippen molar-refractivity contribution in [2.75, 3.05) is 6.61 Å². The van der Waals surface area contributed by atoms with E-state index in [2.05, 4.69) is 6.92 Å². The highest BCUT2D eigenvalue weighted by molar-refractivity contribution is 4.86. The van der Waals surface area contributed by atoms with E-state index in [1.54, 1.807) is 6.08 Å². The Labute approximate surface area is 44.7 Å². The van der Waals surface area contributed by atoms with Crippen LogP contribution in [0.25, 0.3) is 0 Å². The Bertz CT molecular complexity index is 55.2. The zero-order chi connectivity index (χ0) is 5.70. The van der Waals surface area contributed by atoms with Crippen LogP contribution in [0, 0.1) is 12.8 Å². The molecule has 1 N–H and O–H groups in total. The van der Waals surface area contributed by atoms with E-state index in [0.29, 0.717) is 5.92 Å². The van der Waals surface area contributed by atoms with Crippen LogP contribution in [0.15, 0.2) is 12.2 Å². The van der Waals surface area contributed by atoms with Gasteiger partial charge in [-0.25, -0.2) is 0 Å². The zero-order valence-electron chi connectivity index (χ0n) is 4.59. The Balaban J connectivity index is 3.08. The predicted molar refractivity (Wildman–Crippen MR) is 30.7 cm³/mol. The number of aliphatic hydroxyl groups is 1. The van der Waals surface area contributed by atoms with Gasteiger partial charge in [0, 0.05) is 0 Å². The highest BCUT2D eigenvalue weighted by Gasteiger charge is 1.79. The van der Waals surface area contributed by atoms with Crippen molar-refractivity contribution in [3.8, 4) is 0 Å². The number of hydrogen-bond acceptors (Lipinski definition) is 1. The minimum atomic E-state index is 0.125. The van der Waals surface area contributed by atoms with Crippen LogP contribution in [0.5, 0.6) is 0 Å². The normalized spacial score (nSPS) is 11.4. The monoisotopic (exact) mass is 99.1 g/mol. The maximum absolute atomic E-state index is 8.20. The van der Waals surface area contributed by atoms with E-state index >= 15 is 0 Å². The Morgan fingerprint density at radius 3 is 2.57 bits per heavy atom. The summed E-state index contributed by atoms with van der Waals surface area (Å²) in [6.45, 7) is 5.77. The molecule has 0 heterocycles. The summed E-state index contributed by atoms with van der Waals surface area (Å²) in [5.41, 5.74) is 0. The molecule has 0 aromatic carbocycles. The van der Waals surface area contributed by atoms with E-state index in [0.717, 1.165) is 0 Å². The molecule has 0 saturated heterocycles. The van der Waals surface area contributed by atoms with E-state index in [4.69, 9.17) is 5.11 Å². The molecule has 0 saturated carbocycles. The summed E-state index contributed by atoms with van der Waals surface area (Å²) < 4.78 is 0. The Hall–Kier alpha value is -0.300. The molecule has 1 radical (unpaired) electrons. The van der Waals surface area contributed by atoms with Gasteiger partial charge in [-0.2, -0.15) is 0 Å². The van der Waals surface area contributed by atoms with Crippen LogP contribution in [0.3, 0.4) is 0 Å². The molecule has 1 heteroatoms. The van der Waals surface area contributed by atoms with Gasteiger partial charge < -0.3 is 5.11 Å². The van der Waals surface area contributed by atoms with Crippen molar-refractivity contribution in [2.45, 2.75) is 6.92 Å². The van der Waals surface area contributed by atoms with Crippen LogP contribution in [-0.2, 0) is 0 Å². The van der Waals surface area contributed by atoms with E-state index in [9.17, 15) is 0 Å². The number of allylic oxidation sites excluding steroid dienone is 1. The fourth-order valence-corrected chi connectivity index (χ4v) is 0.293. The van der Waals surface area contributed by atoms with Gasteiger partial charge in [-0.15, -0.1) is 0 Å². The maximum atomic E-state index is 8.20. The number of aliphatic hydroxyl groups excluding tert-OH is 1. The Morgan fingerprint density at radius 2 is 2.43 bits per heavy atom. The number of hydrogen-bond donors (Lipinski definition) is 1. The fourth-order valence-electron chi connectivity index (χ4n) is 0.293. The quantitative estimate of drug-likeness (QED) is 0.512. The predicted octanol–water partition coefficient (Wildman–Crippen LogP) is 1.01. The van der Waals surface area contributed by atoms with Gasteiger partial charge >= 0.3 is 0 Å². The molecule has 7 heavy (non-hydrogen) atoms. The summed E-state index contributed by atoms with van der Waals surface area (Å²) >= 11 is 0. The molecule has 0 rings (SSSR count). The van der Waals surface area contributed by atoms with Crippen molar-refractivity contribution in [2.24, 2.45) is 5.92 Å². The first-order valence-corrected chi connectivity index (χ1v) is 2.38. The molecule has 0 aromatic heterocycles. The molecule has 1 atom stereocenters. The third-order valence-corrected chi connectivity index (χ3v) is 0.570. The molecule has 0 aromatic rings. The molecule has 1 unspecified atom stereocenters. The topological polar surface area (TPSA) is 20.2 Å². The summed E-state index contributed by atoms with van der Waals surface area (Å²) in [5.74, 6) is 0.312. The van der Waals surface area contributed by atoms with Crippen LogP contribution in [0.4, 0.5) is 0 Å². The molecule has 1 nitrogen and oxygen atoms in total. The minimum Gasteiger partial charge on any atom is -0.392 e. The molecule has 0 fully saturated rings. The first-order chi connectivity index (χ1) is 3.27. The Morgan fingerprint density at radius 1 is 1.86 bits per heavy atom. The van der Waals surface area contributed by atoms with Crippen molar-refractivity contribution in [3.05, 3.63) is 19.1 Å². The molecule has 0 amide bonds. The molecule has 0 bridgehead atoms. The lowest BCUT2D eigenvalue weighted by Gasteiger charge is -1.88. The summed E-state index contributed by atoms with van der Waals surface area (Å²) in [7, 11) is 0. The first-order valence-electron chi connectivity index (χ1n) is 2.38. The van der Waals surface area contributed by atoms with Gasteiger partial charge in [-0.1, -0.05) is 19.1 Å². The summed E-state index contributed by atoms with van der Waals surface area (Å²) in [6, 6.07) is 0. The summed E-state index contributed by atoms with van der Waals surface area (Å²) in [6.07, 6.45) is 3.55. The highest BCUT2D eigenvalue weighted by atomic mass is 16.2. The lowest BCUT2D eigenvalue weighted by molar-refractivity contribution is 0.342. The smallest absolute Gasteiger partial charge is 0.0612 e. The fraction of sp³-hybridized carbons (Fsp3) is 0.500. The molecule has 0 aliphatic rings. The standard InChI is InChI=1S/C6H11O/c1-6(2)4-3-5-7/h3-4,6-7H,1,5H2,2H3/b4-3+. The van der Waals surface area contributed by atoms with Gasteiger partial charge in [0.05, 0.1) is 6.61 Å². The van der Waals surface area contributed by atoms with Gasteiger partial charge in [-0.05, 0) is 12.8 Å². The summed E-state index contributed by atoms with van der Waals surface area (Å²) in [4.78, 5) is 0. The summed E-state index contributed by atoms with van der Waals surface area (Å²) in [5, 5.41) is 8.20. The van der Waals surface area contributed by atoms with E-state index < -0.39 is 0 Å². The van der Waals surface area contributed by atoms with Crippen LogP contribution in [0.2, 0.25) is 0 Å². The SMILES string of the molecule is [CH2]C(C)/C=C/CO. The lowest BCUT2D eigenvalue weighted by atomic mass is 10.2. The minimum absolute atomic E-state index is 0.125. The maximum Gasteiger partial charge on any atom is 0.0612 e. The number of rotatable bonds is 2. The van der Waals surface area contributed by atoms with Crippen LogP contribution < -0.4 is 0 Å². The second-order valence-corrected chi connectivity index (χ2v) is 1.59. The van der Waals surface area contributed by atoms with Gasteiger partial charge in [-0.3, -0.25) is 0 Å². The van der Waals surface area contributed by atoms with Gasteiger partial charge in [0.1, 0.15) is 0 Å². The Kier molecular flexibility index (Phi) is 3.71. The molecular weight excluding hydrogens is 88.1 g/mol. The van der Waals surface area contributed by atoms with Crippen LogP contribution in [0.1, 0.15) is 6.92 Å². The third kappa shape index (κ3) is 5.70. The third-order valence-electron chi connectivity index (χ3n) is 0.570. The van der Waals surface area contributed by atoms with Crippen molar-refractivity contribution in [3.63, 3.8) is 0 Å². The van der Waals surface area contributed by atoms with Crippen molar-refractivity contribution in [1.29, 1.82) is 0 Å².